The number of hydrogen-bond donors (Lipinski definition) is 1. The van der Waals surface area contributed by atoms with Crippen LogP contribution in [0.3, 0.4) is 0 Å². The molecule has 1 nitrogen and oxygen atoms in total. The number of allylic oxidation sites excluding steroid dienone is 1. The molecule has 0 aromatic rings. The summed E-state index contributed by atoms with van der Waals surface area (Å²) in [5.41, 5.74) is 0.254. The van der Waals surface area contributed by atoms with E-state index in [4.69, 9.17) is 0 Å². The molecular formula is C11H21N. The maximum Gasteiger partial charge on any atom is 0.0139 e. The van der Waals surface area contributed by atoms with Crippen molar-refractivity contribution in [3.63, 3.8) is 0 Å². The molecule has 0 radical (unpaired) electrons. The highest BCUT2D eigenvalue weighted by Gasteiger charge is 2.13. The highest BCUT2D eigenvalue weighted by Crippen LogP contribution is 2.26. The summed E-state index contributed by atoms with van der Waals surface area (Å²) in [7, 11) is 0. The Balaban J connectivity index is 2.04. The van der Waals surface area contributed by atoms with Crippen molar-refractivity contribution in [2.75, 3.05) is 6.54 Å². The van der Waals surface area contributed by atoms with E-state index in [0.717, 1.165) is 12.5 Å². The molecule has 0 heterocycles. The fourth-order valence-corrected chi connectivity index (χ4v) is 1.26. The van der Waals surface area contributed by atoms with Crippen molar-refractivity contribution in [1.82, 2.24) is 5.32 Å². The Kier molecular flexibility index (Phi) is 3.33. The minimum atomic E-state index is 0.254. The molecule has 0 amide bonds. The fourth-order valence-electron chi connectivity index (χ4n) is 1.26. The van der Waals surface area contributed by atoms with Gasteiger partial charge < -0.3 is 5.32 Å². The first kappa shape index (κ1) is 9.79. The lowest BCUT2D eigenvalue weighted by atomic mass is 9.85. The summed E-state index contributed by atoms with van der Waals surface area (Å²) in [6.07, 6.45) is 8.89. The molecule has 1 saturated carbocycles. The minimum Gasteiger partial charge on any atom is -0.309 e. The van der Waals surface area contributed by atoms with Gasteiger partial charge in [-0.2, -0.15) is 0 Å². The van der Waals surface area contributed by atoms with Gasteiger partial charge in [0.25, 0.3) is 0 Å². The Morgan fingerprint density at radius 1 is 1.33 bits per heavy atom. The van der Waals surface area contributed by atoms with Gasteiger partial charge in [0.05, 0.1) is 0 Å². The van der Waals surface area contributed by atoms with Crippen LogP contribution < -0.4 is 5.32 Å². The zero-order valence-corrected chi connectivity index (χ0v) is 8.56. The lowest BCUT2D eigenvalue weighted by molar-refractivity contribution is 0.385. The van der Waals surface area contributed by atoms with Crippen LogP contribution in [0.25, 0.3) is 0 Å². The average molecular weight is 167 g/mol. The van der Waals surface area contributed by atoms with E-state index in [1.165, 1.54) is 19.3 Å². The molecule has 12 heavy (non-hydrogen) atoms. The number of nitrogens with one attached hydrogen (secondary N) is 1. The largest absolute Gasteiger partial charge is 0.309 e. The first-order valence-electron chi connectivity index (χ1n) is 4.99. The predicted octanol–water partition coefficient (Wildman–Crippen LogP) is 2.73. The molecule has 1 fully saturated rings. The van der Waals surface area contributed by atoms with Crippen LogP contribution in [-0.4, -0.2) is 12.1 Å². The van der Waals surface area contributed by atoms with Crippen LogP contribution in [-0.2, 0) is 0 Å². The lowest BCUT2D eigenvalue weighted by Crippen LogP contribution is -2.35. The van der Waals surface area contributed by atoms with E-state index in [9.17, 15) is 0 Å². The van der Waals surface area contributed by atoms with Crippen molar-refractivity contribution in [2.24, 2.45) is 5.92 Å². The summed E-state index contributed by atoms with van der Waals surface area (Å²) in [4.78, 5) is 0. The molecular weight excluding hydrogens is 146 g/mol. The van der Waals surface area contributed by atoms with Gasteiger partial charge in [0.2, 0.25) is 0 Å². The molecule has 0 aromatic heterocycles. The van der Waals surface area contributed by atoms with E-state index in [1.807, 2.05) is 0 Å². The third kappa shape index (κ3) is 3.91. The Labute approximate surface area is 76.2 Å². The zero-order chi connectivity index (χ0) is 9.03. The van der Waals surface area contributed by atoms with Crippen molar-refractivity contribution < 1.29 is 0 Å². The maximum atomic E-state index is 3.44. The van der Waals surface area contributed by atoms with Gasteiger partial charge in [0.1, 0.15) is 0 Å². The Hall–Kier alpha value is -0.300. The molecule has 70 valence electrons. The first-order valence-corrected chi connectivity index (χ1v) is 4.99. The SMILES string of the molecule is CC(C)(C)NCC=CC1CCC1. The van der Waals surface area contributed by atoms with E-state index in [-0.39, 0.29) is 5.54 Å². The Morgan fingerprint density at radius 2 is 2.00 bits per heavy atom. The molecule has 1 rings (SSSR count). The maximum absolute atomic E-state index is 3.44. The third-order valence-corrected chi connectivity index (χ3v) is 2.31. The second kappa shape index (κ2) is 4.08. The number of hydrogen-bond acceptors (Lipinski definition) is 1. The molecule has 0 aliphatic heterocycles. The molecule has 0 saturated heterocycles. The molecule has 0 bridgehead atoms. The van der Waals surface area contributed by atoms with Gasteiger partial charge in [0, 0.05) is 12.1 Å². The van der Waals surface area contributed by atoms with E-state index in [1.54, 1.807) is 0 Å². The van der Waals surface area contributed by atoms with Crippen LogP contribution in [0.15, 0.2) is 12.2 Å². The highest BCUT2D eigenvalue weighted by molar-refractivity contribution is 4.94. The first-order chi connectivity index (χ1) is 5.58. The Morgan fingerprint density at radius 3 is 2.42 bits per heavy atom. The minimum absolute atomic E-state index is 0.254. The second-order valence-corrected chi connectivity index (χ2v) is 4.75. The van der Waals surface area contributed by atoms with Crippen LogP contribution in [0.5, 0.6) is 0 Å². The summed E-state index contributed by atoms with van der Waals surface area (Å²) < 4.78 is 0. The van der Waals surface area contributed by atoms with Crippen molar-refractivity contribution in [3.8, 4) is 0 Å². The van der Waals surface area contributed by atoms with Crippen molar-refractivity contribution >= 4 is 0 Å². The molecule has 1 aliphatic carbocycles. The van der Waals surface area contributed by atoms with Crippen LogP contribution >= 0.6 is 0 Å². The molecule has 0 unspecified atom stereocenters. The fraction of sp³-hybridized carbons (Fsp3) is 0.818. The summed E-state index contributed by atoms with van der Waals surface area (Å²) in [5.74, 6) is 0.895. The van der Waals surface area contributed by atoms with Crippen molar-refractivity contribution in [1.29, 1.82) is 0 Å². The molecule has 1 N–H and O–H groups in total. The Bertz CT molecular complexity index is 149. The van der Waals surface area contributed by atoms with Gasteiger partial charge in [-0.15, -0.1) is 0 Å². The molecule has 0 atom stereocenters. The standard InChI is InChI=1S/C11H21N/c1-11(2,3)12-9-5-8-10-6-4-7-10/h5,8,10,12H,4,6-7,9H2,1-3H3. The normalized spacial score (nSPS) is 19.9. The summed E-state index contributed by atoms with van der Waals surface area (Å²) in [6, 6.07) is 0. The third-order valence-electron chi connectivity index (χ3n) is 2.31. The monoisotopic (exact) mass is 167 g/mol. The van der Waals surface area contributed by atoms with Gasteiger partial charge in [-0.1, -0.05) is 18.6 Å². The van der Waals surface area contributed by atoms with E-state index < -0.39 is 0 Å². The molecule has 1 heteroatoms. The molecule has 0 spiro atoms. The predicted molar refractivity (Wildman–Crippen MR) is 54.2 cm³/mol. The molecule has 1 aliphatic rings. The second-order valence-electron chi connectivity index (χ2n) is 4.75. The van der Waals surface area contributed by atoms with E-state index in [2.05, 4.69) is 38.2 Å². The average Bonchev–Trinajstić information content (AvgIpc) is 1.80. The quantitative estimate of drug-likeness (QED) is 0.637. The van der Waals surface area contributed by atoms with Gasteiger partial charge in [0.15, 0.2) is 0 Å². The van der Waals surface area contributed by atoms with Crippen LogP contribution in [0, 0.1) is 5.92 Å². The van der Waals surface area contributed by atoms with Gasteiger partial charge in [-0.25, -0.2) is 0 Å². The van der Waals surface area contributed by atoms with Crippen molar-refractivity contribution in [3.05, 3.63) is 12.2 Å². The van der Waals surface area contributed by atoms with Crippen LogP contribution in [0.2, 0.25) is 0 Å². The highest BCUT2D eigenvalue weighted by atomic mass is 14.9. The van der Waals surface area contributed by atoms with Gasteiger partial charge >= 0.3 is 0 Å². The van der Waals surface area contributed by atoms with Gasteiger partial charge in [-0.3, -0.25) is 0 Å². The molecule has 0 aromatic carbocycles. The summed E-state index contributed by atoms with van der Waals surface area (Å²) >= 11 is 0. The lowest BCUT2D eigenvalue weighted by Gasteiger charge is -2.22. The number of rotatable bonds is 3. The van der Waals surface area contributed by atoms with E-state index >= 15 is 0 Å². The van der Waals surface area contributed by atoms with Gasteiger partial charge in [-0.05, 0) is 39.5 Å². The zero-order valence-electron chi connectivity index (χ0n) is 8.56. The summed E-state index contributed by atoms with van der Waals surface area (Å²) in [5, 5.41) is 3.44. The topological polar surface area (TPSA) is 12.0 Å². The van der Waals surface area contributed by atoms with Crippen molar-refractivity contribution in [2.45, 2.75) is 45.6 Å². The van der Waals surface area contributed by atoms with E-state index in [0.29, 0.717) is 0 Å². The van der Waals surface area contributed by atoms with Crippen LogP contribution in [0.1, 0.15) is 40.0 Å². The van der Waals surface area contributed by atoms with Crippen LogP contribution in [0.4, 0.5) is 0 Å². The summed E-state index contributed by atoms with van der Waals surface area (Å²) in [6.45, 7) is 7.61. The smallest absolute Gasteiger partial charge is 0.0139 e.